The SMILES string of the molecule is Cc1nc(CNS(=O)(=O)c2ccc(CCO)cc2)oc1C. The number of aromatic nitrogens is 1. The third kappa shape index (κ3) is 3.90. The summed E-state index contributed by atoms with van der Waals surface area (Å²) in [4.78, 5) is 4.29. The van der Waals surface area contributed by atoms with Gasteiger partial charge in [-0.1, -0.05) is 12.1 Å². The van der Waals surface area contributed by atoms with Crippen LogP contribution in [0.1, 0.15) is 22.9 Å². The molecule has 0 spiro atoms. The molecule has 0 radical (unpaired) electrons. The average molecular weight is 310 g/mol. The smallest absolute Gasteiger partial charge is 0.241 e. The van der Waals surface area contributed by atoms with Crippen LogP contribution in [0.4, 0.5) is 0 Å². The van der Waals surface area contributed by atoms with Gasteiger partial charge in [0.25, 0.3) is 0 Å². The van der Waals surface area contributed by atoms with Crippen LogP contribution in [0.15, 0.2) is 33.6 Å². The van der Waals surface area contributed by atoms with Gasteiger partial charge in [0.2, 0.25) is 15.9 Å². The number of hydrogen-bond donors (Lipinski definition) is 2. The van der Waals surface area contributed by atoms with Crippen molar-refractivity contribution in [3.05, 3.63) is 47.2 Å². The number of nitrogens with zero attached hydrogens (tertiary/aromatic N) is 1. The van der Waals surface area contributed by atoms with Crippen molar-refractivity contribution in [2.45, 2.75) is 31.7 Å². The lowest BCUT2D eigenvalue weighted by atomic mass is 10.2. The van der Waals surface area contributed by atoms with E-state index in [4.69, 9.17) is 9.52 Å². The highest BCUT2D eigenvalue weighted by atomic mass is 32.2. The van der Waals surface area contributed by atoms with Crippen molar-refractivity contribution in [3.63, 3.8) is 0 Å². The summed E-state index contributed by atoms with van der Waals surface area (Å²) in [5, 5.41) is 8.84. The second kappa shape index (κ2) is 6.38. The fraction of sp³-hybridized carbons (Fsp3) is 0.357. The van der Waals surface area contributed by atoms with Gasteiger partial charge >= 0.3 is 0 Å². The zero-order valence-electron chi connectivity index (χ0n) is 12.0. The van der Waals surface area contributed by atoms with Crippen molar-refractivity contribution in [2.24, 2.45) is 0 Å². The molecule has 6 nitrogen and oxygen atoms in total. The molecule has 0 amide bonds. The summed E-state index contributed by atoms with van der Waals surface area (Å²) in [5.74, 6) is 1.02. The standard InChI is InChI=1S/C14H18N2O4S/c1-10-11(2)20-14(16-10)9-15-21(18,19)13-5-3-12(4-6-13)7-8-17/h3-6,15,17H,7-9H2,1-2H3. The molecule has 0 saturated heterocycles. The summed E-state index contributed by atoms with van der Waals surface area (Å²) in [7, 11) is -3.61. The van der Waals surface area contributed by atoms with Crippen LogP contribution in [0.2, 0.25) is 0 Å². The Morgan fingerprint density at radius 2 is 1.90 bits per heavy atom. The van der Waals surface area contributed by atoms with Crippen molar-refractivity contribution in [1.29, 1.82) is 0 Å². The van der Waals surface area contributed by atoms with Crippen molar-refractivity contribution in [2.75, 3.05) is 6.61 Å². The molecular formula is C14H18N2O4S. The van der Waals surface area contributed by atoms with Crippen molar-refractivity contribution < 1.29 is 17.9 Å². The summed E-state index contributed by atoms with van der Waals surface area (Å²) < 4.78 is 32.1. The maximum Gasteiger partial charge on any atom is 0.241 e. The molecule has 0 atom stereocenters. The zero-order chi connectivity index (χ0) is 15.5. The van der Waals surface area contributed by atoms with Crippen LogP contribution in [0.3, 0.4) is 0 Å². The first kappa shape index (κ1) is 15.7. The van der Waals surface area contributed by atoms with Crippen molar-refractivity contribution >= 4 is 10.0 Å². The Morgan fingerprint density at radius 1 is 1.24 bits per heavy atom. The minimum Gasteiger partial charge on any atom is -0.444 e. The van der Waals surface area contributed by atoms with Gasteiger partial charge in [0, 0.05) is 6.61 Å². The van der Waals surface area contributed by atoms with E-state index in [1.165, 1.54) is 12.1 Å². The summed E-state index contributed by atoms with van der Waals surface area (Å²) in [6.07, 6.45) is 0.503. The van der Waals surface area contributed by atoms with Crippen molar-refractivity contribution in [3.8, 4) is 0 Å². The molecule has 0 unspecified atom stereocenters. The van der Waals surface area contributed by atoms with E-state index in [-0.39, 0.29) is 18.0 Å². The topological polar surface area (TPSA) is 92.4 Å². The molecular weight excluding hydrogens is 292 g/mol. The van der Waals surface area contributed by atoms with Gasteiger partial charge in [0.05, 0.1) is 17.1 Å². The lowest BCUT2D eigenvalue weighted by molar-refractivity contribution is 0.299. The molecule has 0 aliphatic heterocycles. The summed E-state index contributed by atoms with van der Waals surface area (Å²) in [5.41, 5.74) is 1.63. The minimum atomic E-state index is -3.61. The summed E-state index contributed by atoms with van der Waals surface area (Å²) >= 11 is 0. The number of aliphatic hydroxyl groups excluding tert-OH is 1. The summed E-state index contributed by atoms with van der Waals surface area (Å²) in [6, 6.07) is 6.40. The fourth-order valence-electron chi connectivity index (χ4n) is 1.82. The molecule has 0 saturated carbocycles. The zero-order valence-corrected chi connectivity index (χ0v) is 12.8. The second-order valence-electron chi connectivity index (χ2n) is 4.69. The highest BCUT2D eigenvalue weighted by Gasteiger charge is 2.15. The molecule has 2 rings (SSSR count). The predicted molar refractivity (Wildman–Crippen MR) is 77.2 cm³/mol. The summed E-state index contributed by atoms with van der Waals surface area (Å²) in [6.45, 7) is 3.62. The Morgan fingerprint density at radius 3 is 2.43 bits per heavy atom. The third-order valence-corrected chi connectivity index (χ3v) is 4.54. The first-order valence-electron chi connectivity index (χ1n) is 6.55. The molecule has 2 N–H and O–H groups in total. The Balaban J connectivity index is 2.07. The molecule has 7 heteroatoms. The molecule has 1 heterocycles. The van der Waals surface area contributed by atoms with Crippen LogP contribution in [0.25, 0.3) is 0 Å². The Hall–Kier alpha value is -1.70. The lowest BCUT2D eigenvalue weighted by Crippen LogP contribution is -2.23. The number of sulfonamides is 1. The molecule has 114 valence electrons. The van der Waals surface area contributed by atoms with Gasteiger partial charge in [-0.15, -0.1) is 0 Å². The molecule has 0 aliphatic rings. The van der Waals surface area contributed by atoms with E-state index in [9.17, 15) is 8.42 Å². The Kier molecular flexibility index (Phi) is 4.76. The van der Waals surface area contributed by atoms with E-state index >= 15 is 0 Å². The van der Waals surface area contributed by atoms with E-state index in [1.54, 1.807) is 26.0 Å². The number of rotatable bonds is 6. The van der Waals surface area contributed by atoms with Crippen LogP contribution < -0.4 is 4.72 Å². The highest BCUT2D eigenvalue weighted by Crippen LogP contribution is 2.13. The van der Waals surface area contributed by atoms with Crippen LogP contribution >= 0.6 is 0 Å². The molecule has 1 aromatic carbocycles. The number of aliphatic hydroxyl groups is 1. The van der Waals surface area contributed by atoms with Gasteiger partial charge in [-0.3, -0.25) is 0 Å². The molecule has 21 heavy (non-hydrogen) atoms. The largest absolute Gasteiger partial charge is 0.444 e. The van der Waals surface area contributed by atoms with Crippen LogP contribution in [-0.2, 0) is 23.0 Å². The van der Waals surface area contributed by atoms with Crippen LogP contribution in [-0.4, -0.2) is 25.1 Å². The monoisotopic (exact) mass is 310 g/mol. The average Bonchev–Trinajstić information content (AvgIpc) is 2.77. The van der Waals surface area contributed by atoms with Crippen LogP contribution in [0, 0.1) is 13.8 Å². The number of hydrogen-bond acceptors (Lipinski definition) is 5. The third-order valence-electron chi connectivity index (χ3n) is 3.12. The maximum absolute atomic E-state index is 12.1. The van der Waals surface area contributed by atoms with Gasteiger partial charge < -0.3 is 9.52 Å². The first-order chi connectivity index (χ1) is 9.92. The van der Waals surface area contributed by atoms with E-state index in [2.05, 4.69) is 9.71 Å². The molecule has 0 aliphatic carbocycles. The number of nitrogens with one attached hydrogen (secondary N) is 1. The molecule has 0 fully saturated rings. The molecule has 1 aromatic heterocycles. The van der Waals surface area contributed by atoms with E-state index in [0.717, 1.165) is 11.3 Å². The van der Waals surface area contributed by atoms with E-state index < -0.39 is 10.0 Å². The second-order valence-corrected chi connectivity index (χ2v) is 6.46. The van der Waals surface area contributed by atoms with Crippen molar-refractivity contribution in [1.82, 2.24) is 9.71 Å². The normalized spacial score (nSPS) is 11.8. The lowest BCUT2D eigenvalue weighted by Gasteiger charge is -2.06. The van der Waals surface area contributed by atoms with Gasteiger partial charge in [-0.2, -0.15) is 0 Å². The van der Waals surface area contributed by atoms with Gasteiger partial charge in [0.15, 0.2) is 0 Å². The van der Waals surface area contributed by atoms with E-state index in [1.807, 2.05) is 0 Å². The highest BCUT2D eigenvalue weighted by molar-refractivity contribution is 7.89. The fourth-order valence-corrected chi connectivity index (χ4v) is 2.79. The minimum absolute atomic E-state index is 0.00933. The Bertz CT molecular complexity index is 686. The quantitative estimate of drug-likeness (QED) is 0.839. The number of benzene rings is 1. The first-order valence-corrected chi connectivity index (χ1v) is 8.03. The number of oxazole rings is 1. The van der Waals surface area contributed by atoms with Crippen LogP contribution in [0.5, 0.6) is 0 Å². The maximum atomic E-state index is 12.1. The van der Waals surface area contributed by atoms with Gasteiger partial charge in [0.1, 0.15) is 5.76 Å². The molecule has 0 bridgehead atoms. The molecule has 2 aromatic rings. The number of aryl methyl sites for hydroxylation is 2. The van der Waals surface area contributed by atoms with Gasteiger partial charge in [-0.05, 0) is 38.0 Å². The predicted octanol–water partition coefficient (Wildman–Crippen LogP) is 1.30. The Labute approximate surface area is 123 Å². The van der Waals surface area contributed by atoms with E-state index in [0.29, 0.717) is 18.1 Å². The van der Waals surface area contributed by atoms with Gasteiger partial charge in [-0.25, -0.2) is 18.1 Å².